The Morgan fingerprint density at radius 2 is 2.07 bits per heavy atom. The highest BCUT2D eigenvalue weighted by Crippen LogP contribution is 2.16. The molecular weight excluding hydrogens is 493 g/mol. The largest absolute Gasteiger partial charge is 0.355 e. The number of aromatic nitrogens is 2. The number of hydrogen-bond acceptors (Lipinski definition) is 4. The van der Waals surface area contributed by atoms with Crippen molar-refractivity contribution in [2.45, 2.75) is 59.0 Å². The van der Waals surface area contributed by atoms with Crippen LogP contribution < -0.4 is 10.6 Å². The van der Waals surface area contributed by atoms with Gasteiger partial charge in [-0.2, -0.15) is 5.10 Å². The highest BCUT2D eigenvalue weighted by molar-refractivity contribution is 14.0. The van der Waals surface area contributed by atoms with Gasteiger partial charge in [-0.3, -0.25) is 14.4 Å². The van der Waals surface area contributed by atoms with Crippen LogP contribution in [0.15, 0.2) is 4.99 Å². The Kier molecular flexibility index (Phi) is 11.1. The van der Waals surface area contributed by atoms with Crippen molar-refractivity contribution in [1.82, 2.24) is 30.2 Å². The smallest absolute Gasteiger partial charge is 0.243 e. The summed E-state index contributed by atoms with van der Waals surface area (Å²) < 4.78 is 1.93. The molecule has 30 heavy (non-hydrogen) atoms. The number of nitrogens with one attached hydrogen (secondary N) is 2. The molecule has 2 atom stereocenters. The average Bonchev–Trinajstić information content (AvgIpc) is 3.22. The number of hydrogen-bond donors (Lipinski definition) is 2. The van der Waals surface area contributed by atoms with Gasteiger partial charge in [-0.25, -0.2) is 4.99 Å². The standard InChI is InChI=1S/C21H39N7O.HI/c1-8-28-11-9-10-18(28)13-22-21(23-14-20(29)26(5)6)24-15(2)12-19-16(3)25-27(7)17(19)4;/h15,18H,8-14H2,1-7H3,(H2,22,23,24);1H. The van der Waals surface area contributed by atoms with E-state index in [1.54, 1.807) is 19.0 Å². The number of guanidine groups is 1. The van der Waals surface area contributed by atoms with E-state index in [1.807, 2.05) is 11.7 Å². The van der Waals surface area contributed by atoms with E-state index in [4.69, 9.17) is 0 Å². The van der Waals surface area contributed by atoms with Crippen LogP contribution in [0, 0.1) is 13.8 Å². The van der Waals surface area contributed by atoms with E-state index in [0.717, 1.165) is 31.7 Å². The maximum atomic E-state index is 12.0. The van der Waals surface area contributed by atoms with Crippen molar-refractivity contribution in [3.8, 4) is 0 Å². The summed E-state index contributed by atoms with van der Waals surface area (Å²) in [5, 5.41) is 11.5. The molecule has 0 spiro atoms. The van der Waals surface area contributed by atoms with Crippen LogP contribution in [0.2, 0.25) is 0 Å². The van der Waals surface area contributed by atoms with Crippen LogP contribution in [0.4, 0.5) is 0 Å². The SMILES string of the molecule is CCN1CCCC1CNC(=NCC(=O)N(C)C)NC(C)Cc1c(C)nn(C)c1C.I. The minimum absolute atomic E-state index is 0. The molecule has 8 nitrogen and oxygen atoms in total. The number of likely N-dealkylation sites (tertiary alicyclic amines) is 1. The Morgan fingerprint density at radius 1 is 1.37 bits per heavy atom. The van der Waals surface area contributed by atoms with E-state index >= 15 is 0 Å². The van der Waals surface area contributed by atoms with Crippen molar-refractivity contribution in [2.24, 2.45) is 12.0 Å². The van der Waals surface area contributed by atoms with Crippen molar-refractivity contribution in [2.75, 3.05) is 40.3 Å². The molecule has 0 saturated carbocycles. The van der Waals surface area contributed by atoms with Gasteiger partial charge in [0.1, 0.15) is 6.54 Å². The second kappa shape index (κ2) is 12.5. The minimum atomic E-state index is -0.00578. The number of carbonyl (C=O) groups excluding carboxylic acids is 1. The van der Waals surface area contributed by atoms with E-state index in [9.17, 15) is 4.79 Å². The maximum absolute atomic E-state index is 12.0. The number of halogens is 1. The molecule has 1 amide bonds. The fourth-order valence-corrected chi connectivity index (χ4v) is 3.90. The van der Waals surface area contributed by atoms with Gasteiger partial charge in [0.2, 0.25) is 5.91 Å². The van der Waals surface area contributed by atoms with Crippen molar-refractivity contribution in [1.29, 1.82) is 0 Å². The monoisotopic (exact) mass is 533 g/mol. The summed E-state index contributed by atoms with van der Waals surface area (Å²) in [6.07, 6.45) is 3.31. The Balaban J connectivity index is 0.00000450. The molecule has 2 rings (SSSR count). The summed E-state index contributed by atoms with van der Waals surface area (Å²) in [5.41, 5.74) is 3.52. The van der Waals surface area contributed by atoms with Gasteiger partial charge in [-0.1, -0.05) is 6.92 Å². The van der Waals surface area contributed by atoms with Crippen LogP contribution in [0.1, 0.15) is 43.6 Å². The molecule has 0 radical (unpaired) electrons. The lowest BCUT2D eigenvalue weighted by Crippen LogP contribution is -2.48. The van der Waals surface area contributed by atoms with E-state index < -0.39 is 0 Å². The van der Waals surface area contributed by atoms with E-state index in [0.29, 0.717) is 12.0 Å². The zero-order chi connectivity index (χ0) is 21.6. The zero-order valence-electron chi connectivity index (χ0n) is 19.7. The summed E-state index contributed by atoms with van der Waals surface area (Å²) in [4.78, 5) is 20.6. The Morgan fingerprint density at radius 3 is 2.63 bits per heavy atom. The van der Waals surface area contributed by atoms with Gasteiger partial charge < -0.3 is 15.5 Å². The lowest BCUT2D eigenvalue weighted by Gasteiger charge is -2.25. The van der Waals surface area contributed by atoms with Gasteiger partial charge >= 0.3 is 0 Å². The van der Waals surface area contributed by atoms with Gasteiger partial charge in [-0.05, 0) is 58.7 Å². The summed E-state index contributed by atoms with van der Waals surface area (Å²) in [6, 6.07) is 0.692. The molecule has 0 bridgehead atoms. The van der Waals surface area contributed by atoms with Gasteiger partial charge in [0.25, 0.3) is 0 Å². The number of carbonyl (C=O) groups is 1. The lowest BCUT2D eigenvalue weighted by molar-refractivity contribution is -0.127. The van der Waals surface area contributed by atoms with Crippen LogP contribution in [0.25, 0.3) is 0 Å². The van der Waals surface area contributed by atoms with Crippen LogP contribution in [0.3, 0.4) is 0 Å². The number of nitrogens with zero attached hydrogens (tertiary/aromatic N) is 5. The highest BCUT2D eigenvalue weighted by atomic mass is 127. The van der Waals surface area contributed by atoms with Gasteiger partial charge in [-0.15, -0.1) is 24.0 Å². The van der Waals surface area contributed by atoms with Gasteiger partial charge in [0, 0.05) is 45.5 Å². The molecule has 2 unspecified atom stereocenters. The van der Waals surface area contributed by atoms with Gasteiger partial charge in [0.15, 0.2) is 5.96 Å². The van der Waals surface area contributed by atoms with E-state index in [1.165, 1.54) is 24.1 Å². The number of rotatable bonds is 8. The van der Waals surface area contributed by atoms with Crippen LogP contribution in [-0.2, 0) is 18.3 Å². The number of likely N-dealkylation sites (N-methyl/N-ethyl adjacent to an activating group) is 2. The molecule has 1 aromatic heterocycles. The third-order valence-electron chi connectivity index (χ3n) is 5.83. The third kappa shape index (κ3) is 7.40. The molecule has 2 heterocycles. The molecule has 1 aliphatic rings. The quantitative estimate of drug-likeness (QED) is 0.302. The first kappa shape index (κ1) is 26.7. The molecule has 0 aromatic carbocycles. The molecule has 172 valence electrons. The number of aliphatic imine (C=N–C) groups is 1. The van der Waals surface area contributed by atoms with Crippen LogP contribution in [-0.4, -0.2) is 83.8 Å². The molecule has 2 N–H and O–H groups in total. The average molecular weight is 534 g/mol. The van der Waals surface area contributed by atoms with Crippen molar-refractivity contribution < 1.29 is 4.79 Å². The topological polar surface area (TPSA) is 77.8 Å². The second-order valence-electron chi connectivity index (χ2n) is 8.28. The molecule has 1 saturated heterocycles. The zero-order valence-corrected chi connectivity index (χ0v) is 22.0. The highest BCUT2D eigenvalue weighted by Gasteiger charge is 2.23. The summed E-state index contributed by atoms with van der Waals surface area (Å²) >= 11 is 0. The fourth-order valence-electron chi connectivity index (χ4n) is 3.90. The first-order valence-corrected chi connectivity index (χ1v) is 10.7. The summed E-state index contributed by atoms with van der Waals surface area (Å²) in [7, 11) is 5.49. The van der Waals surface area contributed by atoms with Crippen molar-refractivity contribution >= 4 is 35.8 Å². The maximum Gasteiger partial charge on any atom is 0.243 e. The van der Waals surface area contributed by atoms with Crippen molar-refractivity contribution in [3.05, 3.63) is 17.0 Å². The molecular formula is C21H40IN7O. The van der Waals surface area contributed by atoms with E-state index in [2.05, 4.69) is 53.3 Å². The van der Waals surface area contributed by atoms with Crippen LogP contribution >= 0.6 is 24.0 Å². The molecule has 1 fully saturated rings. The fraction of sp³-hybridized carbons (Fsp3) is 0.762. The third-order valence-corrected chi connectivity index (χ3v) is 5.83. The molecule has 1 aromatic rings. The van der Waals surface area contributed by atoms with Crippen LogP contribution in [0.5, 0.6) is 0 Å². The minimum Gasteiger partial charge on any atom is -0.355 e. The lowest BCUT2D eigenvalue weighted by atomic mass is 10.1. The predicted molar refractivity (Wildman–Crippen MR) is 134 cm³/mol. The summed E-state index contributed by atoms with van der Waals surface area (Å²) in [6.45, 7) is 11.7. The first-order chi connectivity index (χ1) is 13.7. The van der Waals surface area contributed by atoms with E-state index in [-0.39, 0.29) is 42.5 Å². The van der Waals surface area contributed by atoms with Crippen molar-refractivity contribution in [3.63, 3.8) is 0 Å². The Labute approximate surface area is 198 Å². The molecule has 1 aliphatic heterocycles. The summed E-state index contributed by atoms with van der Waals surface area (Å²) in [5.74, 6) is 0.698. The Hall–Kier alpha value is -1.36. The van der Waals surface area contributed by atoms with Gasteiger partial charge in [0.05, 0.1) is 5.69 Å². The number of amides is 1. The predicted octanol–water partition coefficient (Wildman–Crippen LogP) is 1.69. The second-order valence-corrected chi connectivity index (χ2v) is 8.28. The number of aryl methyl sites for hydroxylation is 2. The Bertz CT molecular complexity index is 716. The molecule has 9 heteroatoms. The first-order valence-electron chi connectivity index (χ1n) is 10.7. The molecule has 0 aliphatic carbocycles. The normalized spacial score (nSPS) is 18.1.